The van der Waals surface area contributed by atoms with Crippen molar-refractivity contribution in [3.05, 3.63) is 79.6 Å². The van der Waals surface area contributed by atoms with Gasteiger partial charge in [0.15, 0.2) is 0 Å². The van der Waals surface area contributed by atoms with E-state index in [1.54, 1.807) is 6.07 Å². The van der Waals surface area contributed by atoms with Gasteiger partial charge in [0.2, 0.25) is 0 Å². The van der Waals surface area contributed by atoms with E-state index in [-0.39, 0.29) is 37.9 Å². The van der Waals surface area contributed by atoms with Crippen LogP contribution in [0.25, 0.3) is 22.2 Å². The highest BCUT2D eigenvalue weighted by atomic mass is 35.5. The van der Waals surface area contributed by atoms with E-state index >= 15 is 0 Å². The molecule has 0 aliphatic heterocycles. The maximum atomic E-state index is 13.2. The minimum absolute atomic E-state index is 0.0281. The summed E-state index contributed by atoms with van der Waals surface area (Å²) in [4.78, 5) is 15.6. The van der Waals surface area contributed by atoms with Crippen LogP contribution in [-0.2, 0) is 16.2 Å². The van der Waals surface area contributed by atoms with Crippen LogP contribution in [-0.4, -0.2) is 23.6 Å². The van der Waals surface area contributed by atoms with Crippen molar-refractivity contribution < 1.29 is 21.6 Å². The number of pyridine rings is 1. The van der Waals surface area contributed by atoms with E-state index in [2.05, 4.69) is 19.9 Å². The highest BCUT2D eigenvalue weighted by Crippen LogP contribution is 2.37. The van der Waals surface area contributed by atoms with Crippen molar-refractivity contribution in [1.82, 2.24) is 15.2 Å². The van der Waals surface area contributed by atoms with E-state index in [4.69, 9.17) is 34.8 Å². The number of alkyl halides is 3. The van der Waals surface area contributed by atoms with Gasteiger partial charge >= 0.3 is 6.18 Å². The molecule has 2 heterocycles. The molecule has 0 spiro atoms. The Morgan fingerprint density at radius 3 is 2.41 bits per heavy atom. The lowest BCUT2D eigenvalue weighted by atomic mass is 10.1. The van der Waals surface area contributed by atoms with Crippen LogP contribution in [0.3, 0.4) is 0 Å². The number of hydrogen-bond donors (Lipinski definition) is 2. The Morgan fingerprint density at radius 1 is 0.971 bits per heavy atom. The molecule has 0 unspecified atom stereocenters. The van der Waals surface area contributed by atoms with Crippen molar-refractivity contribution >= 4 is 61.3 Å². The van der Waals surface area contributed by atoms with Crippen LogP contribution in [0.15, 0.2) is 58.4 Å². The van der Waals surface area contributed by atoms with Crippen molar-refractivity contribution in [3.8, 4) is 11.4 Å². The lowest BCUT2D eigenvalue weighted by Crippen LogP contribution is -2.16. The molecule has 0 amide bonds. The second-order valence-electron chi connectivity index (χ2n) is 6.86. The monoisotopic (exact) mass is 548 g/mol. The molecule has 0 saturated heterocycles. The zero-order valence-corrected chi connectivity index (χ0v) is 19.5. The summed E-state index contributed by atoms with van der Waals surface area (Å²) in [5.74, 6) is 0. The summed E-state index contributed by atoms with van der Waals surface area (Å²) in [7, 11) is -4.56. The van der Waals surface area contributed by atoms with Crippen molar-refractivity contribution in [2.24, 2.45) is 0 Å². The summed E-state index contributed by atoms with van der Waals surface area (Å²) in [6.45, 7) is 0. The van der Waals surface area contributed by atoms with Gasteiger partial charge in [-0.3, -0.25) is 14.5 Å². The third kappa shape index (κ3) is 4.56. The number of nitrogens with one attached hydrogen (secondary N) is 2. The van der Waals surface area contributed by atoms with Crippen LogP contribution in [0.1, 0.15) is 5.56 Å². The van der Waals surface area contributed by atoms with E-state index in [9.17, 15) is 26.4 Å². The number of H-pyrrole nitrogens is 1. The van der Waals surface area contributed by atoms with Crippen molar-refractivity contribution in [2.45, 2.75) is 11.1 Å². The highest BCUT2D eigenvalue weighted by molar-refractivity contribution is 7.92. The van der Waals surface area contributed by atoms with Gasteiger partial charge in [0.25, 0.3) is 15.6 Å². The SMILES string of the molecule is O=c1[nH]nc(-c2ncc(Cl)cc2NS(=O)(=O)c2ccc(Cl)c(C(F)(F)F)c2)c2cccc(Cl)c12. The number of aromatic nitrogens is 3. The number of hydrogen-bond acceptors (Lipinski definition) is 5. The summed E-state index contributed by atoms with van der Waals surface area (Å²) in [6.07, 6.45) is -3.66. The minimum Gasteiger partial charge on any atom is -0.277 e. The lowest BCUT2D eigenvalue weighted by molar-refractivity contribution is -0.137. The molecule has 2 aromatic carbocycles. The van der Waals surface area contributed by atoms with E-state index in [0.29, 0.717) is 6.07 Å². The van der Waals surface area contributed by atoms with Crippen LogP contribution >= 0.6 is 34.8 Å². The number of benzene rings is 2. The van der Waals surface area contributed by atoms with E-state index < -0.39 is 37.2 Å². The molecule has 0 aliphatic rings. The van der Waals surface area contributed by atoms with Crippen molar-refractivity contribution in [2.75, 3.05) is 4.72 Å². The average molecular weight is 550 g/mol. The van der Waals surface area contributed by atoms with Crippen LogP contribution in [0.2, 0.25) is 15.1 Å². The first kappa shape index (κ1) is 24.3. The van der Waals surface area contributed by atoms with Crippen molar-refractivity contribution in [3.63, 3.8) is 0 Å². The van der Waals surface area contributed by atoms with Crippen LogP contribution in [0, 0.1) is 0 Å². The van der Waals surface area contributed by atoms with Gasteiger partial charge in [0, 0.05) is 11.6 Å². The molecule has 0 radical (unpaired) electrons. The quantitative estimate of drug-likeness (QED) is 0.337. The molecule has 7 nitrogen and oxygen atoms in total. The Morgan fingerprint density at radius 2 is 1.71 bits per heavy atom. The molecule has 0 bridgehead atoms. The van der Waals surface area contributed by atoms with Crippen LogP contribution in [0.5, 0.6) is 0 Å². The maximum absolute atomic E-state index is 13.2. The first-order valence-electron chi connectivity index (χ1n) is 9.11. The Balaban J connectivity index is 1.88. The normalized spacial score (nSPS) is 12.2. The molecule has 0 atom stereocenters. The molecule has 4 aromatic rings. The van der Waals surface area contributed by atoms with E-state index in [1.807, 2.05) is 0 Å². The molecule has 0 saturated carbocycles. The molecular formula is C20H10Cl3F3N4O3S. The second kappa shape index (κ2) is 8.73. The number of aromatic amines is 1. The Labute approximate surface area is 204 Å². The summed E-state index contributed by atoms with van der Waals surface area (Å²) >= 11 is 17.7. The van der Waals surface area contributed by atoms with Gasteiger partial charge in [-0.15, -0.1) is 0 Å². The predicted molar refractivity (Wildman–Crippen MR) is 123 cm³/mol. The van der Waals surface area contributed by atoms with Crippen LogP contribution in [0.4, 0.5) is 18.9 Å². The zero-order valence-electron chi connectivity index (χ0n) is 16.4. The Hall–Kier alpha value is -2.86. The molecule has 2 N–H and O–H groups in total. The summed E-state index contributed by atoms with van der Waals surface area (Å²) in [6, 6.07) is 7.94. The fraction of sp³-hybridized carbons (Fsp3) is 0.0500. The second-order valence-corrected chi connectivity index (χ2v) is 9.79. The largest absolute Gasteiger partial charge is 0.417 e. The molecule has 0 aliphatic carbocycles. The summed E-state index contributed by atoms with van der Waals surface area (Å²) in [5, 5.41) is 6.08. The zero-order chi connectivity index (χ0) is 24.8. The van der Waals surface area contributed by atoms with Gasteiger partial charge in [-0.25, -0.2) is 13.5 Å². The molecule has 176 valence electrons. The summed E-state index contributed by atoms with van der Waals surface area (Å²) < 4.78 is 67.8. The number of nitrogens with zero attached hydrogens (tertiary/aromatic N) is 2. The van der Waals surface area contributed by atoms with Crippen LogP contribution < -0.4 is 10.3 Å². The fourth-order valence-electron chi connectivity index (χ4n) is 3.15. The molecule has 34 heavy (non-hydrogen) atoms. The van der Waals surface area contributed by atoms with E-state index in [1.165, 1.54) is 24.4 Å². The number of anilines is 1. The Kier molecular flexibility index (Phi) is 6.23. The molecule has 14 heteroatoms. The van der Waals surface area contributed by atoms with Gasteiger partial charge in [0.1, 0.15) is 11.4 Å². The average Bonchev–Trinajstić information content (AvgIpc) is 2.74. The first-order chi connectivity index (χ1) is 15.9. The van der Waals surface area contributed by atoms with Crippen molar-refractivity contribution in [1.29, 1.82) is 0 Å². The molecule has 2 aromatic heterocycles. The van der Waals surface area contributed by atoms with E-state index in [0.717, 1.165) is 12.1 Å². The summed E-state index contributed by atoms with van der Waals surface area (Å²) in [5.41, 5.74) is -2.09. The lowest BCUT2D eigenvalue weighted by Gasteiger charge is -2.15. The number of fused-ring (bicyclic) bond motifs is 1. The Bertz CT molecular complexity index is 1610. The molecular weight excluding hydrogens is 540 g/mol. The highest BCUT2D eigenvalue weighted by Gasteiger charge is 2.34. The van der Waals surface area contributed by atoms with Gasteiger partial charge in [-0.2, -0.15) is 18.3 Å². The molecule has 4 rings (SSSR count). The van der Waals surface area contributed by atoms with Gasteiger partial charge < -0.3 is 0 Å². The smallest absolute Gasteiger partial charge is 0.277 e. The standard InChI is InChI=1S/C20H10Cl3F3N4O3S/c21-9-6-15(30-34(32,33)10-4-5-13(22)12(7-10)20(24,25)26)18(27-8-9)17-11-2-1-3-14(23)16(11)19(31)29-28-17/h1-8,30H,(H,29,31). The molecule has 0 fully saturated rings. The van der Waals surface area contributed by atoms with Gasteiger partial charge in [-0.05, 0) is 30.3 Å². The van der Waals surface area contributed by atoms with Gasteiger partial charge in [0.05, 0.1) is 36.6 Å². The minimum atomic E-state index is -4.87. The third-order valence-corrected chi connectivity index (χ3v) is 6.86. The fourth-order valence-corrected chi connectivity index (χ4v) is 4.88. The third-order valence-electron chi connectivity index (χ3n) is 4.64. The maximum Gasteiger partial charge on any atom is 0.417 e. The number of rotatable bonds is 4. The number of halogens is 6. The van der Waals surface area contributed by atoms with Gasteiger partial charge in [-0.1, -0.05) is 46.9 Å². The predicted octanol–water partition coefficient (Wildman–Crippen LogP) is 5.76. The number of sulfonamides is 1. The first-order valence-corrected chi connectivity index (χ1v) is 11.7. The topological polar surface area (TPSA) is 105 Å².